The van der Waals surface area contributed by atoms with Crippen molar-refractivity contribution in [3.63, 3.8) is 0 Å². The number of nitrogens with zero attached hydrogens (tertiary/aromatic N) is 1. The number of carbonyl (C=O) groups is 1. The number of epoxide rings is 1. The summed E-state index contributed by atoms with van der Waals surface area (Å²) in [6, 6.07) is -0.272. The summed E-state index contributed by atoms with van der Waals surface area (Å²) in [7, 11) is 0. The van der Waals surface area contributed by atoms with E-state index in [1.54, 1.807) is 0 Å². The maximum Gasteiger partial charge on any atom is 0.407 e. The van der Waals surface area contributed by atoms with Crippen molar-refractivity contribution in [1.29, 1.82) is 0 Å². The van der Waals surface area contributed by atoms with Crippen LogP contribution in [-0.4, -0.2) is 52.6 Å². The van der Waals surface area contributed by atoms with Crippen LogP contribution in [0.3, 0.4) is 0 Å². The predicted octanol–water partition coefficient (Wildman–Crippen LogP) is -0.502. The molecular weight excluding hydrogens is 162 g/mol. The Hall–Kier alpha value is -0.810. The van der Waals surface area contributed by atoms with Crippen molar-refractivity contribution < 1.29 is 19.7 Å². The molecule has 5 nitrogen and oxygen atoms in total. The van der Waals surface area contributed by atoms with Gasteiger partial charge in [-0.1, -0.05) is 0 Å². The van der Waals surface area contributed by atoms with E-state index in [0.29, 0.717) is 13.0 Å². The van der Waals surface area contributed by atoms with Gasteiger partial charge >= 0.3 is 6.09 Å². The van der Waals surface area contributed by atoms with E-state index in [0.717, 1.165) is 0 Å². The lowest BCUT2D eigenvalue weighted by Crippen LogP contribution is -2.47. The Morgan fingerprint density at radius 3 is 2.92 bits per heavy atom. The first-order valence-corrected chi connectivity index (χ1v) is 3.98. The molecule has 12 heavy (non-hydrogen) atoms. The van der Waals surface area contributed by atoms with Crippen molar-refractivity contribution in [2.24, 2.45) is 0 Å². The zero-order valence-corrected chi connectivity index (χ0v) is 6.51. The first-order chi connectivity index (χ1) is 5.72. The van der Waals surface area contributed by atoms with Crippen molar-refractivity contribution in [2.75, 3.05) is 13.2 Å². The van der Waals surface area contributed by atoms with Gasteiger partial charge in [0.1, 0.15) is 6.10 Å². The van der Waals surface area contributed by atoms with E-state index in [4.69, 9.17) is 14.9 Å². The molecular formula is C7H11NO4. The molecule has 2 aliphatic heterocycles. The van der Waals surface area contributed by atoms with Gasteiger partial charge in [0.25, 0.3) is 0 Å². The van der Waals surface area contributed by atoms with Gasteiger partial charge in [0.05, 0.1) is 25.3 Å². The fourth-order valence-electron chi connectivity index (χ4n) is 1.69. The Kier molecular flexibility index (Phi) is 1.69. The van der Waals surface area contributed by atoms with Gasteiger partial charge in [-0.05, 0) is 6.42 Å². The molecule has 2 heterocycles. The lowest BCUT2D eigenvalue weighted by molar-refractivity contribution is 0.0857. The molecule has 2 rings (SSSR count). The van der Waals surface area contributed by atoms with E-state index in [1.807, 2.05) is 0 Å². The second-order valence-corrected chi connectivity index (χ2v) is 3.22. The lowest BCUT2D eigenvalue weighted by Gasteiger charge is -2.29. The van der Waals surface area contributed by atoms with E-state index < -0.39 is 6.09 Å². The fraction of sp³-hybridized carbons (Fsp3) is 0.857. The summed E-state index contributed by atoms with van der Waals surface area (Å²) in [5.74, 6) is 0. The highest BCUT2D eigenvalue weighted by Gasteiger charge is 2.48. The molecule has 0 spiro atoms. The first kappa shape index (κ1) is 7.82. The molecule has 0 saturated carbocycles. The Labute approximate surface area is 69.5 Å². The van der Waals surface area contributed by atoms with Gasteiger partial charge in [-0.3, -0.25) is 0 Å². The van der Waals surface area contributed by atoms with E-state index in [2.05, 4.69) is 0 Å². The molecule has 0 aromatic heterocycles. The van der Waals surface area contributed by atoms with Crippen molar-refractivity contribution in [2.45, 2.75) is 24.7 Å². The number of aliphatic hydroxyl groups is 1. The number of hydrogen-bond donors (Lipinski definition) is 2. The van der Waals surface area contributed by atoms with E-state index in [-0.39, 0.29) is 24.9 Å². The van der Waals surface area contributed by atoms with Crippen molar-refractivity contribution in [3.8, 4) is 0 Å². The van der Waals surface area contributed by atoms with Gasteiger partial charge in [0.2, 0.25) is 0 Å². The number of hydrogen-bond acceptors (Lipinski definition) is 3. The van der Waals surface area contributed by atoms with Gasteiger partial charge in [-0.2, -0.15) is 0 Å². The van der Waals surface area contributed by atoms with Gasteiger partial charge in [0, 0.05) is 0 Å². The number of carboxylic acid groups (broad SMARTS) is 1. The summed E-state index contributed by atoms with van der Waals surface area (Å²) >= 11 is 0. The Balaban J connectivity index is 2.03. The fourth-order valence-corrected chi connectivity index (χ4v) is 1.69. The summed E-state index contributed by atoms with van der Waals surface area (Å²) in [6.07, 6.45) is -0.0577. The quantitative estimate of drug-likeness (QED) is 0.524. The average Bonchev–Trinajstić information content (AvgIpc) is 2.79. The van der Waals surface area contributed by atoms with Crippen molar-refractivity contribution in [1.82, 2.24) is 4.90 Å². The molecule has 2 saturated heterocycles. The van der Waals surface area contributed by atoms with Gasteiger partial charge in [-0.25, -0.2) is 4.79 Å². The second-order valence-electron chi connectivity index (χ2n) is 3.22. The molecule has 3 atom stereocenters. The second kappa shape index (κ2) is 2.60. The number of piperidine rings is 1. The zero-order valence-electron chi connectivity index (χ0n) is 6.51. The topological polar surface area (TPSA) is 73.3 Å². The lowest BCUT2D eigenvalue weighted by atomic mass is 10.0. The molecule has 0 aromatic carbocycles. The summed E-state index contributed by atoms with van der Waals surface area (Å²) < 4.78 is 5.17. The SMILES string of the molecule is O=C(O)N1C[C@H]2O[C@H]2C[C@H]1CO. The number of amides is 1. The normalized spacial score (nSPS) is 39.1. The monoisotopic (exact) mass is 173 g/mol. The highest BCUT2D eigenvalue weighted by Crippen LogP contribution is 2.33. The highest BCUT2D eigenvalue weighted by atomic mass is 16.6. The van der Waals surface area contributed by atoms with E-state index >= 15 is 0 Å². The van der Waals surface area contributed by atoms with E-state index in [9.17, 15) is 4.79 Å². The minimum Gasteiger partial charge on any atom is -0.465 e. The summed E-state index contributed by atoms with van der Waals surface area (Å²) in [4.78, 5) is 11.9. The van der Waals surface area contributed by atoms with E-state index in [1.165, 1.54) is 4.90 Å². The smallest absolute Gasteiger partial charge is 0.407 e. The van der Waals surface area contributed by atoms with Gasteiger partial charge < -0.3 is 19.8 Å². The molecule has 0 unspecified atom stereocenters. The molecule has 2 fully saturated rings. The third-order valence-corrected chi connectivity index (χ3v) is 2.47. The van der Waals surface area contributed by atoms with Gasteiger partial charge in [0.15, 0.2) is 0 Å². The number of fused-ring (bicyclic) bond motifs is 1. The summed E-state index contributed by atoms with van der Waals surface area (Å²) in [5.41, 5.74) is 0. The molecule has 0 bridgehead atoms. The van der Waals surface area contributed by atoms with Gasteiger partial charge in [-0.15, -0.1) is 0 Å². The third-order valence-electron chi connectivity index (χ3n) is 2.47. The number of likely N-dealkylation sites (tertiary alicyclic amines) is 1. The predicted molar refractivity (Wildman–Crippen MR) is 38.9 cm³/mol. The Bertz CT molecular complexity index is 208. The molecule has 5 heteroatoms. The molecule has 1 amide bonds. The highest BCUT2D eigenvalue weighted by molar-refractivity contribution is 5.65. The molecule has 2 aliphatic rings. The molecule has 68 valence electrons. The van der Waals surface area contributed by atoms with Crippen LogP contribution in [0.2, 0.25) is 0 Å². The minimum absolute atomic E-state index is 0.0869. The van der Waals surface area contributed by atoms with Crippen LogP contribution in [0, 0.1) is 0 Å². The van der Waals surface area contributed by atoms with Crippen LogP contribution in [0.5, 0.6) is 0 Å². The zero-order chi connectivity index (χ0) is 8.72. The van der Waals surface area contributed by atoms with Crippen LogP contribution in [0.4, 0.5) is 4.79 Å². The van der Waals surface area contributed by atoms with Crippen LogP contribution in [0.15, 0.2) is 0 Å². The maximum atomic E-state index is 10.6. The Morgan fingerprint density at radius 2 is 2.33 bits per heavy atom. The summed E-state index contributed by atoms with van der Waals surface area (Å²) in [5, 5.41) is 17.6. The largest absolute Gasteiger partial charge is 0.465 e. The molecule has 2 N–H and O–H groups in total. The van der Waals surface area contributed by atoms with Crippen LogP contribution in [0.25, 0.3) is 0 Å². The third kappa shape index (κ3) is 1.15. The average molecular weight is 173 g/mol. The Morgan fingerprint density at radius 1 is 1.58 bits per heavy atom. The minimum atomic E-state index is -0.969. The summed E-state index contributed by atoms with van der Waals surface area (Å²) in [6.45, 7) is 0.296. The number of aliphatic hydroxyl groups excluding tert-OH is 1. The maximum absolute atomic E-state index is 10.6. The van der Waals surface area contributed by atoms with Crippen LogP contribution in [0.1, 0.15) is 6.42 Å². The van der Waals surface area contributed by atoms with Crippen molar-refractivity contribution >= 4 is 6.09 Å². The van der Waals surface area contributed by atoms with Crippen LogP contribution < -0.4 is 0 Å². The molecule has 0 aliphatic carbocycles. The number of ether oxygens (including phenoxy) is 1. The van der Waals surface area contributed by atoms with Crippen LogP contribution in [-0.2, 0) is 4.74 Å². The van der Waals surface area contributed by atoms with Crippen LogP contribution >= 0.6 is 0 Å². The molecule has 0 radical (unpaired) electrons. The first-order valence-electron chi connectivity index (χ1n) is 3.98. The van der Waals surface area contributed by atoms with Crippen molar-refractivity contribution in [3.05, 3.63) is 0 Å². The number of rotatable bonds is 1. The molecule has 0 aromatic rings. The standard InChI is InChI=1S/C7H11NO4/c9-3-4-1-5-6(12-5)2-8(4)7(10)11/h4-6,9H,1-3H2,(H,10,11)/t4-,5-,6+/m0/s1.